The first-order valence-corrected chi connectivity index (χ1v) is 7.28. The van der Waals surface area contributed by atoms with E-state index in [9.17, 15) is 8.42 Å². The van der Waals surface area contributed by atoms with Crippen molar-refractivity contribution in [2.75, 3.05) is 0 Å². The smallest absolute Gasteiger partial charge is 0.186 e. The molecule has 0 aliphatic heterocycles. The highest BCUT2D eigenvalue weighted by molar-refractivity contribution is 7.91. The maximum absolute atomic E-state index is 12.4. The van der Waals surface area contributed by atoms with Crippen LogP contribution in [-0.4, -0.2) is 13.4 Å². The van der Waals surface area contributed by atoms with Crippen molar-refractivity contribution >= 4 is 9.84 Å². The molecule has 1 aromatic carbocycles. The number of rotatable bonds is 3. The predicted molar refractivity (Wildman–Crippen MR) is 71.0 cm³/mol. The molecule has 18 heavy (non-hydrogen) atoms. The van der Waals surface area contributed by atoms with Crippen LogP contribution in [0.4, 0.5) is 0 Å². The fourth-order valence-electron chi connectivity index (χ4n) is 1.71. The van der Waals surface area contributed by atoms with Crippen molar-refractivity contribution < 1.29 is 8.42 Å². The van der Waals surface area contributed by atoms with E-state index in [2.05, 4.69) is 4.98 Å². The molecule has 0 amide bonds. The Morgan fingerprint density at radius 3 is 2.28 bits per heavy atom. The number of sulfone groups is 1. The topological polar surface area (TPSA) is 47.0 Å². The van der Waals surface area contributed by atoms with Gasteiger partial charge < -0.3 is 0 Å². The summed E-state index contributed by atoms with van der Waals surface area (Å²) in [6, 6.07) is 12.2. The molecule has 1 heterocycles. The van der Waals surface area contributed by atoms with Crippen LogP contribution in [0.25, 0.3) is 0 Å². The fourth-order valence-corrected chi connectivity index (χ4v) is 3.09. The number of aryl methyl sites for hydroxylation is 1. The summed E-state index contributed by atoms with van der Waals surface area (Å²) in [6.07, 6.45) is 1.61. The minimum Gasteiger partial charge on any atom is -0.260 e. The van der Waals surface area contributed by atoms with Gasteiger partial charge in [0.25, 0.3) is 0 Å². The number of pyridine rings is 1. The lowest BCUT2D eigenvalue weighted by Crippen LogP contribution is -2.11. The van der Waals surface area contributed by atoms with E-state index in [1.54, 1.807) is 55.6 Å². The van der Waals surface area contributed by atoms with E-state index in [-0.39, 0.29) is 0 Å². The molecule has 2 aromatic rings. The van der Waals surface area contributed by atoms with Crippen LogP contribution in [0.2, 0.25) is 0 Å². The van der Waals surface area contributed by atoms with Gasteiger partial charge in [0, 0.05) is 6.20 Å². The lowest BCUT2D eigenvalue weighted by atomic mass is 10.2. The van der Waals surface area contributed by atoms with Gasteiger partial charge in [-0.3, -0.25) is 4.98 Å². The predicted octanol–water partition coefficient (Wildman–Crippen LogP) is 2.92. The molecule has 0 saturated heterocycles. The third kappa shape index (κ3) is 2.43. The van der Waals surface area contributed by atoms with Crippen LogP contribution >= 0.6 is 0 Å². The molecule has 1 atom stereocenters. The summed E-state index contributed by atoms with van der Waals surface area (Å²) in [5.41, 5.74) is 1.61. The van der Waals surface area contributed by atoms with Gasteiger partial charge in [0.15, 0.2) is 9.84 Å². The quantitative estimate of drug-likeness (QED) is 0.853. The number of nitrogens with zero attached hydrogens (tertiary/aromatic N) is 1. The second-order valence-electron chi connectivity index (χ2n) is 4.25. The molecule has 0 spiro atoms. The van der Waals surface area contributed by atoms with Crippen LogP contribution in [0.15, 0.2) is 53.6 Å². The number of hydrogen-bond donors (Lipinski definition) is 0. The Kier molecular flexibility index (Phi) is 3.48. The van der Waals surface area contributed by atoms with Gasteiger partial charge in [0.2, 0.25) is 0 Å². The van der Waals surface area contributed by atoms with Crippen LogP contribution in [0, 0.1) is 6.92 Å². The Labute approximate surface area is 107 Å². The molecule has 0 aliphatic rings. The van der Waals surface area contributed by atoms with Crippen LogP contribution in [0.5, 0.6) is 0 Å². The molecule has 3 nitrogen and oxygen atoms in total. The summed E-state index contributed by atoms with van der Waals surface area (Å²) >= 11 is 0. The summed E-state index contributed by atoms with van der Waals surface area (Å²) in [4.78, 5) is 4.45. The van der Waals surface area contributed by atoms with Crippen LogP contribution in [-0.2, 0) is 9.84 Å². The Morgan fingerprint density at radius 2 is 1.72 bits per heavy atom. The van der Waals surface area contributed by atoms with E-state index < -0.39 is 15.1 Å². The Bertz CT molecular complexity index is 619. The van der Waals surface area contributed by atoms with Crippen molar-refractivity contribution in [3.8, 4) is 0 Å². The second kappa shape index (κ2) is 4.90. The molecule has 0 radical (unpaired) electrons. The van der Waals surface area contributed by atoms with Crippen molar-refractivity contribution in [3.05, 3.63) is 59.9 Å². The fraction of sp³-hybridized carbons (Fsp3) is 0.214. The summed E-state index contributed by atoms with van der Waals surface area (Å²) in [5, 5.41) is -0.638. The maximum Gasteiger partial charge on any atom is 0.186 e. The van der Waals surface area contributed by atoms with Crippen molar-refractivity contribution in [1.29, 1.82) is 0 Å². The van der Waals surface area contributed by atoms with Gasteiger partial charge in [0.1, 0.15) is 5.25 Å². The zero-order valence-electron chi connectivity index (χ0n) is 10.4. The van der Waals surface area contributed by atoms with E-state index >= 15 is 0 Å². The van der Waals surface area contributed by atoms with E-state index in [1.807, 2.05) is 6.92 Å². The molecule has 4 heteroatoms. The number of aromatic nitrogens is 1. The van der Waals surface area contributed by atoms with E-state index in [1.165, 1.54) is 0 Å². The van der Waals surface area contributed by atoms with E-state index in [4.69, 9.17) is 0 Å². The third-order valence-electron chi connectivity index (χ3n) is 2.92. The molecule has 0 bridgehead atoms. The lowest BCUT2D eigenvalue weighted by molar-refractivity contribution is 0.585. The van der Waals surface area contributed by atoms with Gasteiger partial charge in [0.05, 0.1) is 10.6 Å². The van der Waals surface area contributed by atoms with E-state index in [0.29, 0.717) is 10.6 Å². The zero-order valence-corrected chi connectivity index (χ0v) is 11.2. The largest absolute Gasteiger partial charge is 0.260 e. The molecule has 1 unspecified atom stereocenters. The zero-order chi connectivity index (χ0) is 13.2. The molecule has 0 aliphatic carbocycles. The normalized spacial score (nSPS) is 13.2. The number of hydrogen-bond acceptors (Lipinski definition) is 3. The standard InChI is InChI=1S/C14H15NO2S/c1-11-6-8-13(9-7-11)18(16,17)12(2)14-5-3-4-10-15-14/h3-10,12H,1-2H3. The monoisotopic (exact) mass is 261 g/mol. The maximum atomic E-state index is 12.4. The molecule has 94 valence electrons. The van der Waals surface area contributed by atoms with Gasteiger partial charge in [-0.2, -0.15) is 0 Å². The highest BCUT2D eigenvalue weighted by Gasteiger charge is 2.25. The second-order valence-corrected chi connectivity index (χ2v) is 6.52. The van der Waals surface area contributed by atoms with Crippen LogP contribution in [0.1, 0.15) is 23.4 Å². The first kappa shape index (κ1) is 12.8. The van der Waals surface area contributed by atoms with Gasteiger partial charge >= 0.3 is 0 Å². The first-order valence-electron chi connectivity index (χ1n) is 5.73. The van der Waals surface area contributed by atoms with Crippen LogP contribution < -0.4 is 0 Å². The Morgan fingerprint density at radius 1 is 1.06 bits per heavy atom. The molecule has 2 rings (SSSR count). The Hall–Kier alpha value is -1.68. The average Bonchev–Trinajstić information content (AvgIpc) is 2.39. The molecular weight excluding hydrogens is 246 g/mol. The lowest BCUT2D eigenvalue weighted by Gasteiger charge is -2.12. The van der Waals surface area contributed by atoms with Crippen molar-refractivity contribution in [1.82, 2.24) is 4.98 Å². The summed E-state index contributed by atoms with van der Waals surface area (Å²) in [6.45, 7) is 3.59. The molecular formula is C14H15NO2S. The summed E-state index contributed by atoms with van der Waals surface area (Å²) < 4.78 is 24.8. The Balaban J connectivity index is 2.40. The molecule has 1 aromatic heterocycles. The van der Waals surface area contributed by atoms with Crippen LogP contribution in [0.3, 0.4) is 0 Å². The SMILES string of the molecule is Cc1ccc(S(=O)(=O)C(C)c2ccccn2)cc1. The average molecular weight is 261 g/mol. The van der Waals surface area contributed by atoms with Gasteiger partial charge in [-0.15, -0.1) is 0 Å². The van der Waals surface area contributed by atoms with Crippen molar-refractivity contribution in [3.63, 3.8) is 0 Å². The van der Waals surface area contributed by atoms with Crippen molar-refractivity contribution in [2.24, 2.45) is 0 Å². The molecule has 0 N–H and O–H groups in total. The summed E-state index contributed by atoms with van der Waals surface area (Å²) in [7, 11) is -3.37. The highest BCUT2D eigenvalue weighted by atomic mass is 32.2. The minimum absolute atomic E-state index is 0.339. The first-order chi connectivity index (χ1) is 8.51. The molecule has 0 fully saturated rings. The third-order valence-corrected chi connectivity index (χ3v) is 5.02. The van der Waals surface area contributed by atoms with E-state index in [0.717, 1.165) is 5.56 Å². The van der Waals surface area contributed by atoms with Gasteiger partial charge in [-0.1, -0.05) is 23.8 Å². The van der Waals surface area contributed by atoms with Crippen molar-refractivity contribution in [2.45, 2.75) is 24.0 Å². The number of benzene rings is 1. The molecule has 0 saturated carbocycles. The highest BCUT2D eigenvalue weighted by Crippen LogP contribution is 2.26. The van der Waals surface area contributed by atoms with Gasteiger partial charge in [-0.25, -0.2) is 8.42 Å². The summed E-state index contributed by atoms with van der Waals surface area (Å²) in [5.74, 6) is 0. The minimum atomic E-state index is -3.37. The van der Waals surface area contributed by atoms with Gasteiger partial charge in [-0.05, 0) is 38.1 Å².